The van der Waals surface area contributed by atoms with Gasteiger partial charge in [0.2, 0.25) is 0 Å². The Hall–Kier alpha value is -1.52. The van der Waals surface area contributed by atoms with Crippen LogP contribution in [0.2, 0.25) is 5.02 Å². The van der Waals surface area contributed by atoms with Gasteiger partial charge >= 0.3 is 0 Å². The molecular formula is C20H26ClN2O2+. The normalized spacial score (nSPS) is 28.5. The molecule has 4 rings (SSSR count). The van der Waals surface area contributed by atoms with Crippen LogP contribution < -0.4 is 9.64 Å². The van der Waals surface area contributed by atoms with Crippen LogP contribution >= 0.6 is 11.6 Å². The van der Waals surface area contributed by atoms with E-state index < -0.39 is 0 Å². The Balaban J connectivity index is 1.19. The molecule has 25 heavy (non-hydrogen) atoms. The van der Waals surface area contributed by atoms with Crippen molar-refractivity contribution < 1.29 is 14.4 Å². The first-order chi connectivity index (χ1) is 12.2. The highest BCUT2D eigenvalue weighted by atomic mass is 35.5. The maximum Gasteiger partial charge on any atom is 0.260 e. The molecule has 0 radical (unpaired) electrons. The number of fused-ring (bicyclic) bond motifs is 2. The van der Waals surface area contributed by atoms with Gasteiger partial charge in [-0.2, -0.15) is 0 Å². The molecule has 3 aliphatic rings. The minimum atomic E-state index is 0.0804. The maximum atomic E-state index is 12.4. The van der Waals surface area contributed by atoms with Gasteiger partial charge in [0.15, 0.2) is 6.61 Å². The molecule has 1 heterocycles. The average Bonchev–Trinajstić information content (AvgIpc) is 3.25. The number of carbonyl (C=O) groups excluding carboxylic acids is 1. The van der Waals surface area contributed by atoms with Crippen LogP contribution in [-0.4, -0.2) is 50.1 Å². The van der Waals surface area contributed by atoms with Crippen LogP contribution in [0.1, 0.15) is 12.8 Å². The number of hydrogen-bond donors (Lipinski definition) is 1. The molecule has 4 nitrogen and oxygen atoms in total. The lowest BCUT2D eigenvalue weighted by molar-refractivity contribution is -0.907. The van der Waals surface area contributed by atoms with Gasteiger partial charge in [-0.25, -0.2) is 0 Å². The number of rotatable bonds is 5. The quantitative estimate of drug-likeness (QED) is 0.809. The van der Waals surface area contributed by atoms with Gasteiger partial charge in [-0.1, -0.05) is 23.8 Å². The highest BCUT2D eigenvalue weighted by molar-refractivity contribution is 6.30. The summed E-state index contributed by atoms with van der Waals surface area (Å²) in [7, 11) is 0. The second-order valence-electron chi connectivity index (χ2n) is 7.62. The zero-order chi connectivity index (χ0) is 17.2. The number of benzene rings is 1. The smallest absolute Gasteiger partial charge is 0.260 e. The predicted octanol–water partition coefficient (Wildman–Crippen LogP) is 1.66. The average molecular weight is 362 g/mol. The summed E-state index contributed by atoms with van der Waals surface area (Å²) in [6.45, 7) is 5.18. The van der Waals surface area contributed by atoms with Crippen LogP contribution in [0.25, 0.3) is 0 Å². The molecule has 0 aromatic heterocycles. The summed E-state index contributed by atoms with van der Waals surface area (Å²) in [6, 6.07) is 7.13. The van der Waals surface area contributed by atoms with E-state index in [4.69, 9.17) is 16.3 Å². The van der Waals surface area contributed by atoms with Crippen LogP contribution in [0, 0.1) is 17.8 Å². The lowest BCUT2D eigenvalue weighted by Gasteiger charge is -2.34. The number of halogens is 1. The molecule has 2 aliphatic carbocycles. The first-order valence-electron chi connectivity index (χ1n) is 9.35. The van der Waals surface area contributed by atoms with E-state index in [0.29, 0.717) is 10.8 Å². The fourth-order valence-electron chi connectivity index (χ4n) is 4.54. The highest BCUT2D eigenvalue weighted by Crippen LogP contribution is 2.42. The molecule has 1 amide bonds. The van der Waals surface area contributed by atoms with E-state index in [1.807, 2.05) is 4.90 Å². The number of ether oxygens (including phenoxy) is 1. The van der Waals surface area contributed by atoms with Gasteiger partial charge in [0.05, 0.1) is 32.7 Å². The third kappa shape index (κ3) is 4.01. The van der Waals surface area contributed by atoms with Crippen molar-refractivity contribution in [2.45, 2.75) is 12.8 Å². The van der Waals surface area contributed by atoms with Crippen LogP contribution in [-0.2, 0) is 4.79 Å². The highest BCUT2D eigenvalue weighted by Gasteiger charge is 2.38. The third-order valence-corrected chi connectivity index (χ3v) is 6.22. The zero-order valence-corrected chi connectivity index (χ0v) is 15.3. The van der Waals surface area contributed by atoms with Gasteiger partial charge in [-0.05, 0) is 48.9 Å². The molecule has 0 unspecified atom stereocenters. The van der Waals surface area contributed by atoms with E-state index in [-0.39, 0.29) is 12.5 Å². The Kier molecular flexibility index (Phi) is 5.00. The standard InChI is InChI=1S/C20H25ClN2O2/c21-18-3-5-19(6-4-18)25-14-20(24)23-9-7-22(8-10-23)13-17-12-15-1-2-16(17)11-15/h1-6,15-17H,7-14H2/p+1/t15-,16+,17+/m1/s1. The largest absolute Gasteiger partial charge is 0.484 e. The molecule has 1 aromatic carbocycles. The molecule has 1 N–H and O–H groups in total. The summed E-state index contributed by atoms with van der Waals surface area (Å²) in [5.74, 6) is 3.30. The number of quaternary nitrogens is 1. The number of allylic oxidation sites excluding steroid dienone is 2. The fourth-order valence-corrected chi connectivity index (χ4v) is 4.67. The zero-order valence-electron chi connectivity index (χ0n) is 14.5. The topological polar surface area (TPSA) is 34.0 Å². The SMILES string of the molecule is O=C(COc1ccc(Cl)cc1)N1CC[NH+](C[C@@H]2C[C@@H]3C=C[C@H]2C3)CC1. The molecule has 1 saturated carbocycles. The summed E-state index contributed by atoms with van der Waals surface area (Å²) in [4.78, 5) is 16.0. The molecular weight excluding hydrogens is 336 g/mol. The number of nitrogens with one attached hydrogen (secondary N) is 1. The Morgan fingerprint density at radius 3 is 2.56 bits per heavy atom. The van der Waals surface area contributed by atoms with E-state index in [0.717, 1.165) is 43.9 Å². The number of carbonyl (C=O) groups is 1. The van der Waals surface area contributed by atoms with Crippen molar-refractivity contribution in [3.8, 4) is 5.75 Å². The lowest BCUT2D eigenvalue weighted by Crippen LogP contribution is -3.15. The minimum Gasteiger partial charge on any atom is -0.484 e. The molecule has 3 atom stereocenters. The van der Waals surface area contributed by atoms with Crippen molar-refractivity contribution in [2.75, 3.05) is 39.3 Å². The molecule has 5 heteroatoms. The first kappa shape index (κ1) is 16.9. The summed E-state index contributed by atoms with van der Waals surface area (Å²) >= 11 is 5.85. The van der Waals surface area contributed by atoms with Gasteiger partial charge in [-0.3, -0.25) is 4.79 Å². The third-order valence-electron chi connectivity index (χ3n) is 5.97. The van der Waals surface area contributed by atoms with Gasteiger partial charge in [0.1, 0.15) is 5.75 Å². The van der Waals surface area contributed by atoms with Crippen molar-refractivity contribution in [2.24, 2.45) is 17.8 Å². The molecule has 1 aromatic rings. The van der Waals surface area contributed by atoms with Crippen molar-refractivity contribution in [3.63, 3.8) is 0 Å². The number of amides is 1. The van der Waals surface area contributed by atoms with Gasteiger partial charge < -0.3 is 14.5 Å². The summed E-state index contributed by atoms with van der Waals surface area (Å²) in [5, 5.41) is 0.670. The van der Waals surface area contributed by atoms with Crippen molar-refractivity contribution in [1.82, 2.24) is 4.90 Å². The Labute approximate surface area is 154 Å². The van der Waals surface area contributed by atoms with E-state index in [1.165, 1.54) is 19.4 Å². The lowest BCUT2D eigenvalue weighted by atomic mass is 9.93. The molecule has 0 spiro atoms. The second kappa shape index (κ2) is 7.38. The fraction of sp³-hybridized carbons (Fsp3) is 0.550. The maximum absolute atomic E-state index is 12.4. The van der Waals surface area contributed by atoms with Crippen molar-refractivity contribution >= 4 is 17.5 Å². The van der Waals surface area contributed by atoms with Gasteiger partial charge in [-0.15, -0.1) is 0 Å². The van der Waals surface area contributed by atoms with E-state index >= 15 is 0 Å². The Bertz CT molecular complexity index is 638. The summed E-state index contributed by atoms with van der Waals surface area (Å²) < 4.78 is 5.58. The Morgan fingerprint density at radius 1 is 1.16 bits per heavy atom. The van der Waals surface area contributed by atoms with Gasteiger partial charge in [0, 0.05) is 10.9 Å². The second-order valence-corrected chi connectivity index (χ2v) is 8.05. The molecule has 134 valence electrons. The van der Waals surface area contributed by atoms with E-state index in [1.54, 1.807) is 29.2 Å². The summed E-state index contributed by atoms with van der Waals surface area (Å²) in [6.07, 6.45) is 7.60. The van der Waals surface area contributed by atoms with E-state index in [9.17, 15) is 4.79 Å². The van der Waals surface area contributed by atoms with Gasteiger partial charge in [0.25, 0.3) is 5.91 Å². The summed E-state index contributed by atoms with van der Waals surface area (Å²) in [5.41, 5.74) is 0. The monoisotopic (exact) mass is 361 g/mol. The number of nitrogens with zero attached hydrogens (tertiary/aromatic N) is 1. The van der Waals surface area contributed by atoms with Crippen LogP contribution in [0.5, 0.6) is 5.75 Å². The number of piperazine rings is 1. The minimum absolute atomic E-state index is 0.0804. The number of hydrogen-bond acceptors (Lipinski definition) is 2. The van der Waals surface area contributed by atoms with Crippen LogP contribution in [0.4, 0.5) is 0 Å². The molecule has 1 saturated heterocycles. The van der Waals surface area contributed by atoms with Crippen LogP contribution in [0.3, 0.4) is 0 Å². The Morgan fingerprint density at radius 2 is 1.92 bits per heavy atom. The molecule has 1 aliphatic heterocycles. The predicted molar refractivity (Wildman–Crippen MR) is 97.9 cm³/mol. The van der Waals surface area contributed by atoms with Crippen LogP contribution in [0.15, 0.2) is 36.4 Å². The molecule has 2 bridgehead atoms. The van der Waals surface area contributed by atoms with Crippen molar-refractivity contribution in [3.05, 3.63) is 41.4 Å². The first-order valence-corrected chi connectivity index (χ1v) is 9.73. The van der Waals surface area contributed by atoms with Crippen molar-refractivity contribution in [1.29, 1.82) is 0 Å². The van der Waals surface area contributed by atoms with E-state index in [2.05, 4.69) is 12.2 Å². The molecule has 2 fully saturated rings.